The predicted octanol–water partition coefficient (Wildman–Crippen LogP) is 3.21. The highest BCUT2D eigenvalue weighted by Crippen LogP contribution is 2.46. The number of nitrogens with one attached hydrogen (secondary N) is 1. The summed E-state index contributed by atoms with van der Waals surface area (Å²) >= 11 is 0. The number of hydrogen-bond donors (Lipinski definition) is 1. The molecule has 4 atom stereocenters. The SMILES string of the molecule is COC(=O)C12C[C@H]1/C=C\CCCCCCC(=O)N1C[C@H](OC(=O)N3Cc4cccc(F)c4C3)C[C@H]1C(=O)N2. The molecule has 1 aromatic rings. The molecule has 1 N–H and O–H groups in total. The highest BCUT2D eigenvalue weighted by atomic mass is 19.1. The van der Waals surface area contributed by atoms with E-state index in [2.05, 4.69) is 5.32 Å². The summed E-state index contributed by atoms with van der Waals surface area (Å²) in [5, 5.41) is 2.88. The normalized spacial score (nSPS) is 30.2. The number of hydrogen-bond acceptors (Lipinski definition) is 6. The molecule has 1 saturated carbocycles. The smallest absolute Gasteiger partial charge is 0.410 e. The van der Waals surface area contributed by atoms with Gasteiger partial charge in [0.05, 0.1) is 20.2 Å². The molecular weight excluding hydrogens is 493 g/mol. The minimum atomic E-state index is -1.14. The zero-order valence-corrected chi connectivity index (χ0v) is 21.6. The van der Waals surface area contributed by atoms with E-state index in [0.717, 1.165) is 31.2 Å². The van der Waals surface area contributed by atoms with Gasteiger partial charge in [-0.2, -0.15) is 0 Å². The second-order valence-electron chi connectivity index (χ2n) is 10.7. The number of methoxy groups -OCH3 is 1. The Kier molecular flexibility index (Phi) is 7.40. The van der Waals surface area contributed by atoms with E-state index in [1.807, 2.05) is 12.2 Å². The number of ether oxygens (including phenoxy) is 2. The van der Waals surface area contributed by atoms with Crippen LogP contribution in [0.2, 0.25) is 0 Å². The van der Waals surface area contributed by atoms with E-state index in [1.165, 1.54) is 23.0 Å². The molecule has 1 aromatic carbocycles. The van der Waals surface area contributed by atoms with Crippen LogP contribution in [0.25, 0.3) is 0 Å². The lowest BCUT2D eigenvalue weighted by Crippen LogP contribution is -2.53. The summed E-state index contributed by atoms with van der Waals surface area (Å²) in [7, 11) is 1.29. The lowest BCUT2D eigenvalue weighted by molar-refractivity contribution is -0.148. The van der Waals surface area contributed by atoms with Gasteiger partial charge in [0.15, 0.2) is 0 Å². The molecule has 0 radical (unpaired) electrons. The molecule has 1 aliphatic carbocycles. The molecule has 0 bridgehead atoms. The summed E-state index contributed by atoms with van der Waals surface area (Å²) in [5.41, 5.74) is 0.0631. The summed E-state index contributed by atoms with van der Waals surface area (Å²) in [4.78, 5) is 55.1. The summed E-state index contributed by atoms with van der Waals surface area (Å²) in [6, 6.07) is 3.88. The third-order valence-corrected chi connectivity index (χ3v) is 8.13. The van der Waals surface area contributed by atoms with Crippen molar-refractivity contribution < 1.29 is 33.0 Å². The van der Waals surface area contributed by atoms with E-state index in [-0.39, 0.29) is 43.7 Å². The van der Waals surface area contributed by atoms with E-state index in [9.17, 15) is 23.6 Å². The molecule has 0 spiro atoms. The van der Waals surface area contributed by atoms with Gasteiger partial charge in [-0.25, -0.2) is 14.0 Å². The van der Waals surface area contributed by atoms with Crippen molar-refractivity contribution in [3.63, 3.8) is 0 Å². The van der Waals surface area contributed by atoms with Gasteiger partial charge in [-0.3, -0.25) is 14.5 Å². The molecule has 1 saturated heterocycles. The molecule has 9 nitrogen and oxygen atoms in total. The number of nitrogens with zero attached hydrogens (tertiary/aromatic N) is 2. The Morgan fingerprint density at radius 3 is 2.74 bits per heavy atom. The van der Waals surface area contributed by atoms with Gasteiger partial charge >= 0.3 is 12.1 Å². The molecule has 4 aliphatic rings. The fourth-order valence-corrected chi connectivity index (χ4v) is 5.87. The monoisotopic (exact) mass is 527 g/mol. The summed E-state index contributed by atoms with van der Waals surface area (Å²) < 4.78 is 24.9. The molecule has 3 heterocycles. The minimum Gasteiger partial charge on any atom is -0.467 e. The number of carbonyl (C=O) groups excluding carboxylic acids is 4. The van der Waals surface area contributed by atoms with Crippen molar-refractivity contribution in [2.45, 2.75) is 82.1 Å². The van der Waals surface area contributed by atoms with E-state index in [0.29, 0.717) is 24.8 Å². The number of esters is 1. The average Bonchev–Trinajstić information content (AvgIpc) is 3.22. The molecule has 0 aromatic heterocycles. The number of halogens is 1. The molecular formula is C28H34FN3O6. The van der Waals surface area contributed by atoms with E-state index < -0.39 is 35.7 Å². The first-order chi connectivity index (χ1) is 18.3. The molecule has 2 fully saturated rings. The van der Waals surface area contributed by atoms with Gasteiger partial charge in [0, 0.05) is 30.9 Å². The quantitative estimate of drug-likeness (QED) is 0.468. The minimum absolute atomic E-state index is 0.0896. The van der Waals surface area contributed by atoms with Crippen LogP contribution in [0.5, 0.6) is 0 Å². The summed E-state index contributed by atoms with van der Waals surface area (Å²) in [5.74, 6) is -1.67. The van der Waals surface area contributed by atoms with Crippen molar-refractivity contribution in [1.29, 1.82) is 0 Å². The molecule has 204 valence electrons. The Labute approximate surface area is 221 Å². The van der Waals surface area contributed by atoms with Crippen LogP contribution in [-0.4, -0.2) is 65.0 Å². The van der Waals surface area contributed by atoms with Crippen molar-refractivity contribution in [3.8, 4) is 0 Å². The van der Waals surface area contributed by atoms with Crippen molar-refractivity contribution in [2.24, 2.45) is 5.92 Å². The van der Waals surface area contributed by atoms with Crippen LogP contribution in [0.15, 0.2) is 30.4 Å². The fourth-order valence-electron chi connectivity index (χ4n) is 5.87. The maximum Gasteiger partial charge on any atom is 0.410 e. The predicted molar refractivity (Wildman–Crippen MR) is 134 cm³/mol. The van der Waals surface area contributed by atoms with E-state index >= 15 is 0 Å². The highest BCUT2D eigenvalue weighted by molar-refractivity contribution is 5.95. The zero-order chi connectivity index (χ0) is 26.9. The van der Waals surface area contributed by atoms with Crippen molar-refractivity contribution >= 4 is 23.9 Å². The highest BCUT2D eigenvalue weighted by Gasteiger charge is 2.62. The van der Waals surface area contributed by atoms with Gasteiger partial charge in [-0.15, -0.1) is 0 Å². The molecule has 3 amide bonds. The van der Waals surface area contributed by atoms with E-state index in [1.54, 1.807) is 12.1 Å². The molecule has 10 heteroatoms. The number of amides is 3. The average molecular weight is 528 g/mol. The molecule has 38 heavy (non-hydrogen) atoms. The Balaban J connectivity index is 1.30. The van der Waals surface area contributed by atoms with Crippen LogP contribution in [0.3, 0.4) is 0 Å². The van der Waals surface area contributed by atoms with Crippen LogP contribution in [0.4, 0.5) is 9.18 Å². The number of rotatable bonds is 2. The molecule has 5 rings (SSSR count). The number of fused-ring (bicyclic) bond motifs is 3. The topological polar surface area (TPSA) is 105 Å². The standard InChI is InChI=1S/C28H34FN3O6/c1-37-26(35)28-14-19(28)10-6-4-2-3-5-7-12-24(33)32-16-20(13-23(32)25(34)30-28)38-27(36)31-15-18-9-8-11-22(29)21(18)17-31/h6,8-11,19-20,23H,2-5,7,12-17H2,1H3,(H,30,34)/b10-6-/t19-,20-,23+,28?/m1/s1. The number of allylic oxidation sites excluding steroid dienone is 1. The molecule has 3 aliphatic heterocycles. The Morgan fingerprint density at radius 1 is 1.13 bits per heavy atom. The number of benzene rings is 1. The van der Waals surface area contributed by atoms with Gasteiger partial charge in [0.25, 0.3) is 0 Å². The second kappa shape index (κ2) is 10.7. The second-order valence-corrected chi connectivity index (χ2v) is 10.7. The first-order valence-electron chi connectivity index (χ1n) is 13.4. The molecule has 1 unspecified atom stereocenters. The van der Waals surface area contributed by atoms with Crippen LogP contribution in [0, 0.1) is 11.7 Å². The van der Waals surface area contributed by atoms with E-state index in [4.69, 9.17) is 9.47 Å². The van der Waals surface area contributed by atoms with Crippen LogP contribution < -0.4 is 5.32 Å². The largest absolute Gasteiger partial charge is 0.467 e. The van der Waals surface area contributed by atoms with Crippen molar-refractivity contribution in [3.05, 3.63) is 47.3 Å². The van der Waals surface area contributed by atoms with Gasteiger partial charge in [-0.1, -0.05) is 37.1 Å². The van der Waals surface area contributed by atoms with Crippen LogP contribution in [-0.2, 0) is 36.9 Å². The van der Waals surface area contributed by atoms with Crippen molar-refractivity contribution in [1.82, 2.24) is 15.1 Å². The lowest BCUT2D eigenvalue weighted by Gasteiger charge is -2.26. The zero-order valence-electron chi connectivity index (χ0n) is 21.6. The first kappa shape index (κ1) is 26.2. The Morgan fingerprint density at radius 2 is 1.95 bits per heavy atom. The van der Waals surface area contributed by atoms with Crippen molar-refractivity contribution in [2.75, 3.05) is 13.7 Å². The summed E-state index contributed by atoms with van der Waals surface area (Å²) in [6.45, 7) is 0.435. The lowest BCUT2D eigenvalue weighted by atomic mass is 10.1. The first-order valence-corrected chi connectivity index (χ1v) is 13.4. The number of carbonyl (C=O) groups is 4. The maximum absolute atomic E-state index is 14.1. The summed E-state index contributed by atoms with van der Waals surface area (Å²) in [6.07, 6.45) is 8.05. The third kappa shape index (κ3) is 5.13. The van der Waals surface area contributed by atoms with Gasteiger partial charge in [0.1, 0.15) is 23.5 Å². The van der Waals surface area contributed by atoms with Gasteiger partial charge in [0.2, 0.25) is 11.8 Å². The van der Waals surface area contributed by atoms with Gasteiger partial charge in [-0.05, 0) is 37.3 Å². The Hall–Kier alpha value is -3.43. The maximum atomic E-state index is 14.1. The fraction of sp³-hybridized carbons (Fsp3) is 0.571. The van der Waals surface area contributed by atoms with Crippen LogP contribution >= 0.6 is 0 Å². The van der Waals surface area contributed by atoms with Gasteiger partial charge < -0.3 is 19.7 Å². The third-order valence-electron chi connectivity index (χ3n) is 8.13. The Bertz CT molecular complexity index is 1160. The van der Waals surface area contributed by atoms with Crippen LogP contribution in [0.1, 0.15) is 62.5 Å².